The van der Waals surface area contributed by atoms with Gasteiger partial charge in [0.15, 0.2) is 0 Å². The van der Waals surface area contributed by atoms with E-state index < -0.39 is 5.97 Å². The van der Waals surface area contributed by atoms with E-state index in [0.29, 0.717) is 6.04 Å². The Balaban J connectivity index is 2.11. The summed E-state index contributed by atoms with van der Waals surface area (Å²) in [5, 5.41) is 9.11. The summed E-state index contributed by atoms with van der Waals surface area (Å²) < 4.78 is 0. The van der Waals surface area contributed by atoms with Crippen molar-refractivity contribution >= 4 is 5.97 Å². The summed E-state index contributed by atoms with van der Waals surface area (Å²) in [7, 11) is 2.08. The van der Waals surface area contributed by atoms with Gasteiger partial charge in [-0.2, -0.15) is 0 Å². The standard InChI is InChI=1S/C15H28N2O2/c1-15(2)10-16(3)13(8-14(18)19)9-17(11-15)12-6-4-5-7-12/h12-13H,4-11H2,1-3H3,(H,18,19). The van der Waals surface area contributed by atoms with Crippen molar-refractivity contribution in [3.8, 4) is 0 Å². The number of hydrogen-bond acceptors (Lipinski definition) is 3. The molecule has 19 heavy (non-hydrogen) atoms. The van der Waals surface area contributed by atoms with Crippen molar-refractivity contribution in [1.29, 1.82) is 0 Å². The highest BCUT2D eigenvalue weighted by Gasteiger charge is 2.36. The third-order valence-corrected chi connectivity index (χ3v) is 4.63. The predicted octanol–water partition coefficient (Wildman–Crippen LogP) is 2.05. The van der Waals surface area contributed by atoms with Crippen molar-refractivity contribution in [2.24, 2.45) is 5.41 Å². The van der Waals surface area contributed by atoms with Crippen molar-refractivity contribution < 1.29 is 9.90 Å². The Kier molecular flexibility index (Phi) is 4.51. The second kappa shape index (κ2) is 5.80. The lowest BCUT2D eigenvalue weighted by Gasteiger charge is -2.33. The highest BCUT2D eigenvalue weighted by atomic mass is 16.4. The van der Waals surface area contributed by atoms with Crippen LogP contribution in [0.15, 0.2) is 0 Å². The molecule has 2 rings (SSSR count). The fourth-order valence-corrected chi connectivity index (χ4v) is 3.85. The molecule has 4 heteroatoms. The van der Waals surface area contributed by atoms with E-state index in [-0.39, 0.29) is 17.9 Å². The summed E-state index contributed by atoms with van der Waals surface area (Å²) in [5.41, 5.74) is 0.241. The molecule has 2 aliphatic rings. The predicted molar refractivity (Wildman–Crippen MR) is 76.3 cm³/mol. The van der Waals surface area contributed by atoms with Gasteiger partial charge in [-0.05, 0) is 25.3 Å². The Morgan fingerprint density at radius 2 is 1.89 bits per heavy atom. The summed E-state index contributed by atoms with van der Waals surface area (Å²) in [6, 6.07) is 0.835. The van der Waals surface area contributed by atoms with Crippen molar-refractivity contribution in [1.82, 2.24) is 9.80 Å². The second-order valence-electron chi connectivity index (χ2n) is 7.20. The monoisotopic (exact) mass is 268 g/mol. The summed E-state index contributed by atoms with van der Waals surface area (Å²) in [6.07, 6.45) is 5.51. The molecule has 0 aromatic carbocycles. The number of likely N-dealkylation sites (N-methyl/N-ethyl adjacent to an activating group) is 1. The van der Waals surface area contributed by atoms with E-state index in [1.807, 2.05) is 0 Å². The Labute approximate surface area is 116 Å². The lowest BCUT2D eigenvalue weighted by molar-refractivity contribution is -0.138. The van der Waals surface area contributed by atoms with Crippen LogP contribution in [-0.4, -0.2) is 59.6 Å². The molecule has 1 saturated carbocycles. The van der Waals surface area contributed by atoms with Gasteiger partial charge in [-0.25, -0.2) is 0 Å². The van der Waals surface area contributed by atoms with Crippen LogP contribution in [0, 0.1) is 5.41 Å². The van der Waals surface area contributed by atoms with Crippen LogP contribution in [0.5, 0.6) is 0 Å². The summed E-state index contributed by atoms with van der Waals surface area (Å²) in [6.45, 7) is 7.59. The first-order chi connectivity index (χ1) is 8.87. The third kappa shape index (κ3) is 3.93. The molecule has 1 N–H and O–H groups in total. The number of rotatable bonds is 3. The van der Waals surface area contributed by atoms with E-state index in [1.165, 1.54) is 25.7 Å². The summed E-state index contributed by atoms with van der Waals surface area (Å²) >= 11 is 0. The maximum absolute atomic E-state index is 11.1. The molecule has 0 bridgehead atoms. The Hall–Kier alpha value is -0.610. The molecule has 110 valence electrons. The number of hydrogen-bond donors (Lipinski definition) is 1. The van der Waals surface area contributed by atoms with E-state index in [2.05, 4.69) is 30.7 Å². The van der Waals surface area contributed by atoms with Crippen molar-refractivity contribution in [3.63, 3.8) is 0 Å². The number of carboxylic acids is 1. The zero-order valence-corrected chi connectivity index (χ0v) is 12.6. The normalized spacial score (nSPS) is 30.4. The smallest absolute Gasteiger partial charge is 0.304 e. The molecule has 0 amide bonds. The van der Waals surface area contributed by atoms with Gasteiger partial charge < -0.3 is 10.0 Å². The molecule has 1 saturated heterocycles. The summed E-state index contributed by atoms with van der Waals surface area (Å²) in [5.74, 6) is -0.678. The average Bonchev–Trinajstić information content (AvgIpc) is 2.75. The topological polar surface area (TPSA) is 43.8 Å². The molecule has 1 atom stereocenters. The maximum atomic E-state index is 11.1. The minimum Gasteiger partial charge on any atom is -0.481 e. The van der Waals surface area contributed by atoms with E-state index >= 15 is 0 Å². The Morgan fingerprint density at radius 3 is 2.47 bits per heavy atom. The molecule has 0 aromatic heterocycles. The molecule has 0 spiro atoms. The van der Waals surface area contributed by atoms with Gasteiger partial charge >= 0.3 is 5.97 Å². The Bertz CT molecular complexity index is 324. The van der Waals surface area contributed by atoms with E-state index in [0.717, 1.165) is 19.6 Å². The quantitative estimate of drug-likeness (QED) is 0.851. The van der Waals surface area contributed by atoms with Gasteiger partial charge in [-0.1, -0.05) is 26.7 Å². The van der Waals surface area contributed by atoms with E-state index in [4.69, 9.17) is 5.11 Å². The number of aliphatic carboxylic acids is 1. The molecule has 1 heterocycles. The van der Waals surface area contributed by atoms with Crippen LogP contribution >= 0.6 is 0 Å². The molecule has 0 radical (unpaired) electrons. The number of nitrogens with zero attached hydrogens (tertiary/aromatic N) is 2. The van der Waals surface area contributed by atoms with Crippen LogP contribution < -0.4 is 0 Å². The van der Waals surface area contributed by atoms with Gasteiger partial charge in [0.1, 0.15) is 0 Å². The number of carbonyl (C=O) groups is 1. The minimum absolute atomic E-state index is 0.153. The van der Waals surface area contributed by atoms with Crippen LogP contribution in [0.25, 0.3) is 0 Å². The van der Waals surface area contributed by atoms with Crippen LogP contribution in [0.3, 0.4) is 0 Å². The van der Waals surface area contributed by atoms with E-state index in [9.17, 15) is 4.79 Å². The minimum atomic E-state index is -0.678. The Morgan fingerprint density at radius 1 is 1.26 bits per heavy atom. The molecule has 1 unspecified atom stereocenters. The first-order valence-electron chi connectivity index (χ1n) is 7.53. The molecule has 4 nitrogen and oxygen atoms in total. The van der Waals surface area contributed by atoms with Gasteiger partial charge in [0.2, 0.25) is 0 Å². The zero-order valence-electron chi connectivity index (χ0n) is 12.6. The van der Waals surface area contributed by atoms with Crippen LogP contribution in [0.4, 0.5) is 0 Å². The first-order valence-corrected chi connectivity index (χ1v) is 7.53. The fraction of sp³-hybridized carbons (Fsp3) is 0.933. The van der Waals surface area contributed by atoms with Gasteiger partial charge in [-0.15, -0.1) is 0 Å². The molecule has 0 aromatic rings. The maximum Gasteiger partial charge on any atom is 0.304 e. The number of carboxylic acid groups (broad SMARTS) is 1. The van der Waals surface area contributed by atoms with Crippen LogP contribution in [-0.2, 0) is 4.79 Å². The van der Waals surface area contributed by atoms with Gasteiger partial charge in [0, 0.05) is 31.7 Å². The molecule has 1 aliphatic carbocycles. The van der Waals surface area contributed by atoms with Crippen molar-refractivity contribution in [3.05, 3.63) is 0 Å². The fourth-order valence-electron chi connectivity index (χ4n) is 3.85. The lowest BCUT2D eigenvalue weighted by atomic mass is 9.92. The highest BCUT2D eigenvalue weighted by molar-refractivity contribution is 5.67. The van der Waals surface area contributed by atoms with Crippen molar-refractivity contribution in [2.45, 2.75) is 58.0 Å². The second-order valence-corrected chi connectivity index (χ2v) is 7.20. The lowest BCUT2D eigenvalue weighted by Crippen LogP contribution is -2.43. The van der Waals surface area contributed by atoms with Gasteiger partial charge in [-0.3, -0.25) is 9.69 Å². The van der Waals surface area contributed by atoms with Gasteiger partial charge in [0.05, 0.1) is 6.42 Å². The van der Waals surface area contributed by atoms with Crippen molar-refractivity contribution in [2.75, 3.05) is 26.7 Å². The zero-order chi connectivity index (χ0) is 14.0. The molecular formula is C15H28N2O2. The average molecular weight is 268 g/mol. The van der Waals surface area contributed by atoms with Gasteiger partial charge in [0.25, 0.3) is 0 Å². The highest BCUT2D eigenvalue weighted by Crippen LogP contribution is 2.31. The largest absolute Gasteiger partial charge is 0.481 e. The SMILES string of the molecule is CN1CC(C)(C)CN(C2CCCC2)CC1CC(=O)O. The molecule has 1 aliphatic heterocycles. The summed E-state index contributed by atoms with van der Waals surface area (Å²) in [4.78, 5) is 15.9. The molecule has 2 fully saturated rings. The molecular weight excluding hydrogens is 240 g/mol. The third-order valence-electron chi connectivity index (χ3n) is 4.63. The van der Waals surface area contributed by atoms with Crippen LogP contribution in [0.1, 0.15) is 46.0 Å². The van der Waals surface area contributed by atoms with Crippen LogP contribution in [0.2, 0.25) is 0 Å². The first kappa shape index (κ1) is 14.8. The van der Waals surface area contributed by atoms with E-state index in [1.54, 1.807) is 0 Å².